The summed E-state index contributed by atoms with van der Waals surface area (Å²) in [7, 11) is 0. The van der Waals surface area contributed by atoms with Gasteiger partial charge in [0.1, 0.15) is 5.54 Å². The summed E-state index contributed by atoms with van der Waals surface area (Å²) in [6.45, 7) is 8.58. The van der Waals surface area contributed by atoms with Crippen LogP contribution in [0.3, 0.4) is 0 Å². The number of rotatable bonds is 4. The zero-order valence-electron chi connectivity index (χ0n) is 13.1. The number of hydrogen-bond acceptors (Lipinski definition) is 2. The summed E-state index contributed by atoms with van der Waals surface area (Å²) in [5.74, 6) is 0. The lowest BCUT2D eigenvalue weighted by Crippen LogP contribution is -2.48. The molecule has 108 valence electrons. The van der Waals surface area contributed by atoms with Gasteiger partial charge in [0, 0.05) is 0 Å². The molecular weight excluding hydrogens is 244 g/mol. The number of likely N-dealkylation sites (tertiary alicyclic amines) is 1. The summed E-state index contributed by atoms with van der Waals surface area (Å²) in [6.07, 6.45) is 5.71. The van der Waals surface area contributed by atoms with E-state index in [0.717, 1.165) is 25.9 Å². The molecule has 1 saturated heterocycles. The van der Waals surface area contributed by atoms with E-state index in [4.69, 9.17) is 0 Å². The normalized spacial score (nSPS) is 19.3. The average Bonchev–Trinajstić information content (AvgIpc) is 2.49. The largest absolute Gasteiger partial charge is 0.286 e. The van der Waals surface area contributed by atoms with E-state index >= 15 is 0 Å². The highest BCUT2D eigenvalue weighted by atomic mass is 15.2. The standard InChI is InChI=1S/C18H26N2/c1-15-7-8-16(2)17(13-15)9-10-18(3,14-19)20-11-5-4-6-12-20/h7-8,13H,4-6,9-12H2,1-3H3. The minimum atomic E-state index is -0.309. The van der Waals surface area contributed by atoms with Crippen LogP contribution in [0.1, 0.15) is 49.3 Å². The van der Waals surface area contributed by atoms with Crippen LogP contribution < -0.4 is 0 Å². The first-order valence-electron chi connectivity index (χ1n) is 7.77. The first kappa shape index (κ1) is 15.1. The van der Waals surface area contributed by atoms with E-state index in [9.17, 15) is 5.26 Å². The summed E-state index contributed by atoms with van der Waals surface area (Å²) in [5, 5.41) is 9.65. The van der Waals surface area contributed by atoms with E-state index in [2.05, 4.69) is 49.9 Å². The molecule has 0 bridgehead atoms. The van der Waals surface area contributed by atoms with Gasteiger partial charge in [0.05, 0.1) is 6.07 Å². The molecule has 1 aromatic carbocycles. The Labute approximate surface area is 123 Å². The van der Waals surface area contributed by atoms with Crippen molar-refractivity contribution in [2.75, 3.05) is 13.1 Å². The Kier molecular flexibility index (Phi) is 4.83. The molecule has 0 aliphatic carbocycles. The third kappa shape index (κ3) is 3.41. The molecule has 1 heterocycles. The minimum Gasteiger partial charge on any atom is -0.286 e. The Morgan fingerprint density at radius 2 is 1.90 bits per heavy atom. The Bertz CT molecular complexity index is 495. The third-order valence-electron chi connectivity index (χ3n) is 4.68. The maximum Gasteiger partial charge on any atom is 0.106 e. The van der Waals surface area contributed by atoms with E-state index < -0.39 is 0 Å². The van der Waals surface area contributed by atoms with Gasteiger partial charge >= 0.3 is 0 Å². The van der Waals surface area contributed by atoms with Crippen LogP contribution in [-0.2, 0) is 6.42 Å². The van der Waals surface area contributed by atoms with Gasteiger partial charge in [0.15, 0.2) is 0 Å². The van der Waals surface area contributed by atoms with Crippen LogP contribution in [0.2, 0.25) is 0 Å². The van der Waals surface area contributed by atoms with E-state index in [1.54, 1.807) is 0 Å². The lowest BCUT2D eigenvalue weighted by atomic mass is 9.89. The fourth-order valence-electron chi connectivity index (χ4n) is 3.12. The molecule has 0 saturated carbocycles. The molecule has 0 spiro atoms. The van der Waals surface area contributed by atoms with Crippen molar-refractivity contribution < 1.29 is 0 Å². The first-order chi connectivity index (χ1) is 9.55. The van der Waals surface area contributed by atoms with Crippen LogP contribution in [-0.4, -0.2) is 23.5 Å². The minimum absolute atomic E-state index is 0.309. The number of piperidine rings is 1. The number of benzene rings is 1. The van der Waals surface area contributed by atoms with Gasteiger partial charge in [0.2, 0.25) is 0 Å². The topological polar surface area (TPSA) is 27.0 Å². The molecule has 1 fully saturated rings. The summed E-state index contributed by atoms with van der Waals surface area (Å²) < 4.78 is 0. The zero-order chi connectivity index (χ0) is 14.6. The number of nitrogens with zero attached hydrogens (tertiary/aromatic N) is 2. The molecule has 20 heavy (non-hydrogen) atoms. The maximum atomic E-state index is 9.65. The fraction of sp³-hybridized carbons (Fsp3) is 0.611. The average molecular weight is 270 g/mol. The molecule has 1 unspecified atom stereocenters. The van der Waals surface area contributed by atoms with Crippen molar-refractivity contribution in [2.24, 2.45) is 0 Å². The van der Waals surface area contributed by atoms with Gasteiger partial charge in [-0.15, -0.1) is 0 Å². The number of aryl methyl sites for hydroxylation is 3. The Balaban J connectivity index is 2.06. The SMILES string of the molecule is Cc1ccc(C)c(CCC(C)(C#N)N2CCCCC2)c1. The molecule has 0 aromatic heterocycles. The molecule has 1 aliphatic rings. The van der Waals surface area contributed by atoms with Crippen molar-refractivity contribution in [3.05, 3.63) is 34.9 Å². The molecule has 1 aliphatic heterocycles. The van der Waals surface area contributed by atoms with Gasteiger partial charge in [-0.3, -0.25) is 4.90 Å². The monoisotopic (exact) mass is 270 g/mol. The fourth-order valence-corrected chi connectivity index (χ4v) is 3.12. The van der Waals surface area contributed by atoms with Crippen LogP contribution in [0, 0.1) is 25.2 Å². The van der Waals surface area contributed by atoms with Crippen LogP contribution in [0.4, 0.5) is 0 Å². The predicted octanol–water partition coefficient (Wildman–Crippen LogP) is 4.00. The molecule has 0 N–H and O–H groups in total. The van der Waals surface area contributed by atoms with Gasteiger partial charge in [-0.05, 0) is 70.7 Å². The molecule has 0 amide bonds. The van der Waals surface area contributed by atoms with Gasteiger partial charge in [0.25, 0.3) is 0 Å². The van der Waals surface area contributed by atoms with E-state index in [-0.39, 0.29) is 5.54 Å². The lowest BCUT2D eigenvalue weighted by molar-refractivity contribution is 0.117. The Hall–Kier alpha value is -1.33. The molecule has 0 radical (unpaired) electrons. The lowest BCUT2D eigenvalue weighted by Gasteiger charge is -2.38. The summed E-state index contributed by atoms with van der Waals surface area (Å²) >= 11 is 0. The van der Waals surface area contributed by atoms with Crippen molar-refractivity contribution in [2.45, 2.75) is 58.4 Å². The van der Waals surface area contributed by atoms with Gasteiger partial charge in [-0.2, -0.15) is 5.26 Å². The number of hydrogen-bond donors (Lipinski definition) is 0. The van der Waals surface area contributed by atoms with Crippen molar-refractivity contribution in [3.8, 4) is 6.07 Å². The van der Waals surface area contributed by atoms with E-state index in [0.29, 0.717) is 0 Å². The van der Waals surface area contributed by atoms with Crippen molar-refractivity contribution in [1.82, 2.24) is 4.90 Å². The predicted molar refractivity (Wildman–Crippen MR) is 83.7 cm³/mol. The molecule has 2 nitrogen and oxygen atoms in total. The van der Waals surface area contributed by atoms with Crippen molar-refractivity contribution in [3.63, 3.8) is 0 Å². The number of nitriles is 1. The highest BCUT2D eigenvalue weighted by Crippen LogP contribution is 2.26. The summed E-state index contributed by atoms with van der Waals surface area (Å²) in [5.41, 5.74) is 3.73. The second-order valence-electron chi connectivity index (χ2n) is 6.36. The van der Waals surface area contributed by atoms with Crippen LogP contribution in [0.25, 0.3) is 0 Å². The molecule has 2 heteroatoms. The third-order valence-corrected chi connectivity index (χ3v) is 4.68. The highest BCUT2D eigenvalue weighted by Gasteiger charge is 2.32. The van der Waals surface area contributed by atoms with Crippen molar-refractivity contribution in [1.29, 1.82) is 5.26 Å². The van der Waals surface area contributed by atoms with Crippen LogP contribution in [0.15, 0.2) is 18.2 Å². The quantitative estimate of drug-likeness (QED) is 0.826. The molecule has 1 atom stereocenters. The van der Waals surface area contributed by atoms with Crippen LogP contribution >= 0.6 is 0 Å². The smallest absolute Gasteiger partial charge is 0.106 e. The van der Waals surface area contributed by atoms with Crippen LogP contribution in [0.5, 0.6) is 0 Å². The van der Waals surface area contributed by atoms with E-state index in [1.165, 1.54) is 36.0 Å². The van der Waals surface area contributed by atoms with Gasteiger partial charge in [-0.25, -0.2) is 0 Å². The summed E-state index contributed by atoms with van der Waals surface area (Å²) in [6, 6.07) is 9.20. The second kappa shape index (κ2) is 6.41. The highest BCUT2D eigenvalue weighted by molar-refractivity contribution is 5.31. The molecule has 1 aromatic rings. The molecular formula is C18H26N2. The van der Waals surface area contributed by atoms with E-state index in [1.807, 2.05) is 0 Å². The Morgan fingerprint density at radius 1 is 1.20 bits per heavy atom. The zero-order valence-corrected chi connectivity index (χ0v) is 13.1. The first-order valence-corrected chi connectivity index (χ1v) is 7.77. The van der Waals surface area contributed by atoms with Gasteiger partial charge < -0.3 is 0 Å². The molecule has 2 rings (SSSR count). The maximum absolute atomic E-state index is 9.65. The second-order valence-corrected chi connectivity index (χ2v) is 6.36. The van der Waals surface area contributed by atoms with Crippen molar-refractivity contribution >= 4 is 0 Å². The van der Waals surface area contributed by atoms with Gasteiger partial charge in [-0.1, -0.05) is 30.2 Å². The summed E-state index contributed by atoms with van der Waals surface area (Å²) in [4.78, 5) is 2.39. The Morgan fingerprint density at radius 3 is 2.55 bits per heavy atom.